The number of aliphatic hydroxyl groups excluding tert-OH is 4. The first-order valence-corrected chi connectivity index (χ1v) is 17.0. The van der Waals surface area contributed by atoms with Gasteiger partial charge in [0.05, 0.1) is 24.4 Å². The molecule has 0 radical (unpaired) electrons. The predicted molar refractivity (Wildman–Crippen MR) is 156 cm³/mol. The van der Waals surface area contributed by atoms with Crippen molar-refractivity contribution in [3.8, 4) is 0 Å². The molecule has 0 amide bonds. The number of hydrogen-bond acceptors (Lipinski definition) is 10. The Labute approximate surface area is 264 Å². The molecule has 4 fully saturated rings. The predicted octanol–water partition coefficient (Wildman–Crippen LogP) is 2.62. The van der Waals surface area contributed by atoms with Crippen LogP contribution in [0.2, 0.25) is 0 Å². The molecule has 11 nitrogen and oxygen atoms in total. The molecule has 2 aliphatic heterocycles. The van der Waals surface area contributed by atoms with E-state index in [9.17, 15) is 39.1 Å². The third-order valence-corrected chi connectivity index (χ3v) is 10.7. The third kappa shape index (κ3) is 8.55. The molecular formula is C29H47F2IO11. The van der Waals surface area contributed by atoms with Crippen LogP contribution in [0.3, 0.4) is 0 Å². The Kier molecular flexibility index (Phi) is 13.2. The fraction of sp³-hybridized carbons (Fsp3) is 0.966. The van der Waals surface area contributed by atoms with Gasteiger partial charge in [-0.1, -0.05) is 68.0 Å². The van der Waals surface area contributed by atoms with E-state index in [1.807, 2.05) is 0 Å². The molecule has 0 aromatic carbocycles. The van der Waals surface area contributed by atoms with Gasteiger partial charge in [-0.15, -0.1) is 0 Å². The van der Waals surface area contributed by atoms with E-state index in [2.05, 4.69) is 22.6 Å². The molecule has 4 aliphatic rings. The van der Waals surface area contributed by atoms with Gasteiger partial charge in [-0.2, -0.15) is 0 Å². The van der Waals surface area contributed by atoms with Gasteiger partial charge in [0.15, 0.2) is 18.7 Å². The van der Waals surface area contributed by atoms with Crippen LogP contribution in [0.1, 0.15) is 71.6 Å². The number of carbonyl (C=O) groups is 1. The number of rotatable bonds is 11. The maximum atomic E-state index is 14.1. The van der Waals surface area contributed by atoms with Gasteiger partial charge < -0.3 is 49.2 Å². The van der Waals surface area contributed by atoms with E-state index in [0.717, 1.165) is 44.9 Å². The monoisotopic (exact) mass is 736 g/mol. The van der Waals surface area contributed by atoms with Crippen molar-refractivity contribution in [1.82, 2.24) is 0 Å². The van der Waals surface area contributed by atoms with E-state index in [1.165, 1.54) is 0 Å². The van der Waals surface area contributed by atoms with Gasteiger partial charge in [-0.3, -0.25) is 0 Å². The molecule has 2 aliphatic carbocycles. The average Bonchev–Trinajstić information content (AvgIpc) is 2.98. The third-order valence-electron chi connectivity index (χ3n) is 9.53. The molecule has 0 aromatic heterocycles. The number of hydrogen-bond donors (Lipinski definition) is 5. The molecule has 2 saturated carbocycles. The zero-order valence-corrected chi connectivity index (χ0v) is 26.8. The summed E-state index contributed by atoms with van der Waals surface area (Å²) in [4.78, 5) is 12.2. The minimum atomic E-state index is -3.08. The minimum Gasteiger partial charge on any atom is -0.479 e. The molecule has 43 heavy (non-hydrogen) atoms. The molecule has 2 heterocycles. The lowest BCUT2D eigenvalue weighted by Crippen LogP contribution is -2.61. The van der Waals surface area contributed by atoms with E-state index >= 15 is 0 Å². The second-order valence-electron chi connectivity index (χ2n) is 12.6. The largest absolute Gasteiger partial charge is 0.479 e. The molecule has 5 unspecified atom stereocenters. The van der Waals surface area contributed by atoms with Crippen LogP contribution in [-0.2, 0) is 28.5 Å². The summed E-state index contributed by atoms with van der Waals surface area (Å²) in [5.74, 6) is -1.94. The summed E-state index contributed by atoms with van der Waals surface area (Å²) in [5.41, 5.74) is 0. The Bertz CT molecular complexity index is 883. The van der Waals surface area contributed by atoms with Gasteiger partial charge in [0.1, 0.15) is 30.5 Å². The van der Waals surface area contributed by atoms with Crippen LogP contribution < -0.4 is 0 Å². The van der Waals surface area contributed by atoms with Gasteiger partial charge in [-0.05, 0) is 38.0 Å². The highest BCUT2D eigenvalue weighted by atomic mass is 127. The van der Waals surface area contributed by atoms with Crippen molar-refractivity contribution in [2.45, 2.75) is 152 Å². The molecule has 0 aromatic rings. The van der Waals surface area contributed by atoms with E-state index in [1.54, 1.807) is 13.8 Å². The number of halogens is 3. The number of carboxylic acid groups (broad SMARTS) is 1. The molecule has 0 spiro atoms. The molecule has 14 heteroatoms. The molecule has 2 saturated heterocycles. The lowest BCUT2D eigenvalue weighted by molar-refractivity contribution is -0.346. The quantitative estimate of drug-likeness (QED) is 0.157. The summed E-state index contributed by atoms with van der Waals surface area (Å²) in [6.45, 7) is 3.16. The van der Waals surface area contributed by atoms with Crippen molar-refractivity contribution in [2.75, 3.05) is 4.43 Å². The SMILES string of the molecule is CC1C(O[C@@H](CC2CCCCC2)C(=O)O)[C@@H](O)[C@H](C(F)F)O[C@H]1O[C@@H]1CCCC(CI)[C@H]1OC1O[C@@H](C)C(O)[C@H](O)[C@@H]1O. The van der Waals surface area contributed by atoms with Crippen molar-refractivity contribution in [3.63, 3.8) is 0 Å². The highest BCUT2D eigenvalue weighted by Gasteiger charge is 2.52. The Morgan fingerprint density at radius 3 is 2.19 bits per heavy atom. The van der Waals surface area contributed by atoms with Gasteiger partial charge in [-0.25, -0.2) is 13.6 Å². The molecule has 14 atom stereocenters. The zero-order chi connectivity index (χ0) is 31.4. The van der Waals surface area contributed by atoms with E-state index in [-0.39, 0.29) is 18.3 Å². The normalized spacial score (nSPS) is 43.9. The van der Waals surface area contributed by atoms with Crippen LogP contribution in [0, 0.1) is 17.8 Å². The Hall–Kier alpha value is -0.300. The van der Waals surface area contributed by atoms with Crippen LogP contribution in [0.5, 0.6) is 0 Å². The fourth-order valence-corrected chi connectivity index (χ4v) is 7.83. The number of aliphatic carboxylic acids is 1. The Morgan fingerprint density at radius 1 is 0.860 bits per heavy atom. The van der Waals surface area contributed by atoms with Crippen LogP contribution in [0.25, 0.3) is 0 Å². The number of aliphatic hydroxyl groups is 4. The summed E-state index contributed by atoms with van der Waals surface area (Å²) in [6, 6.07) is 0. The van der Waals surface area contributed by atoms with Gasteiger partial charge in [0, 0.05) is 10.3 Å². The van der Waals surface area contributed by atoms with Gasteiger partial charge in [0.2, 0.25) is 0 Å². The highest BCUT2D eigenvalue weighted by molar-refractivity contribution is 14.1. The lowest BCUT2D eigenvalue weighted by atomic mass is 9.84. The minimum absolute atomic E-state index is 0.0660. The smallest absolute Gasteiger partial charge is 0.332 e. The number of alkyl halides is 3. The van der Waals surface area contributed by atoms with Crippen molar-refractivity contribution in [1.29, 1.82) is 0 Å². The lowest BCUT2D eigenvalue weighted by Gasteiger charge is -2.47. The number of ether oxygens (including phenoxy) is 5. The average molecular weight is 737 g/mol. The van der Waals surface area contributed by atoms with Crippen molar-refractivity contribution in [3.05, 3.63) is 0 Å². The van der Waals surface area contributed by atoms with E-state index in [4.69, 9.17) is 23.7 Å². The topological polar surface area (TPSA) is 164 Å². The summed E-state index contributed by atoms with van der Waals surface area (Å²) >= 11 is 2.21. The Balaban J connectivity index is 1.51. The number of carboxylic acids is 1. The first-order chi connectivity index (χ1) is 20.4. The van der Waals surface area contributed by atoms with Gasteiger partial charge in [0.25, 0.3) is 6.43 Å². The van der Waals surface area contributed by atoms with Crippen molar-refractivity contribution in [2.24, 2.45) is 17.8 Å². The summed E-state index contributed by atoms with van der Waals surface area (Å²) in [6.07, 6.45) is -11.3. The van der Waals surface area contributed by atoms with Gasteiger partial charge >= 0.3 is 5.97 Å². The molecule has 250 valence electrons. The molecular weight excluding hydrogens is 689 g/mol. The van der Waals surface area contributed by atoms with Crippen LogP contribution in [-0.4, -0.2) is 116 Å². The van der Waals surface area contributed by atoms with Crippen LogP contribution in [0.4, 0.5) is 8.78 Å². The maximum absolute atomic E-state index is 14.1. The second kappa shape index (κ2) is 16.0. The van der Waals surface area contributed by atoms with Crippen LogP contribution >= 0.6 is 22.6 Å². The van der Waals surface area contributed by atoms with Crippen LogP contribution in [0.15, 0.2) is 0 Å². The summed E-state index contributed by atoms with van der Waals surface area (Å²) < 4.78 is 58.6. The first-order valence-electron chi connectivity index (χ1n) is 15.5. The molecule has 0 bridgehead atoms. The molecule has 5 N–H and O–H groups in total. The highest BCUT2D eigenvalue weighted by Crippen LogP contribution is 2.39. The maximum Gasteiger partial charge on any atom is 0.332 e. The standard InChI is InChI=1S/C29H47F2IO11/c1-13-23(40-18(27(37)38)11-15-7-4-3-5-8-15)22(36)25(26(30)31)43-28(13)41-17-10-6-9-16(12-32)24(17)42-29-21(35)20(34)19(33)14(2)39-29/h13-26,28-29,33-36H,3-12H2,1-2H3,(H,37,38)/t13?,14-,16?,17+,18-,19?,20-,21-,22+,23?,24+,25+,28+,29?/m0/s1. The van der Waals surface area contributed by atoms with Crippen molar-refractivity contribution < 1.29 is 62.8 Å². The zero-order valence-electron chi connectivity index (χ0n) is 24.6. The van der Waals surface area contributed by atoms with E-state index < -0.39 is 91.9 Å². The summed E-state index contributed by atoms with van der Waals surface area (Å²) in [7, 11) is 0. The van der Waals surface area contributed by atoms with Crippen molar-refractivity contribution >= 4 is 28.6 Å². The van der Waals surface area contributed by atoms with E-state index in [0.29, 0.717) is 10.8 Å². The second-order valence-corrected chi connectivity index (χ2v) is 13.5. The first kappa shape index (κ1) is 35.6. The fourth-order valence-electron chi connectivity index (χ4n) is 6.89. The Morgan fingerprint density at radius 2 is 1.56 bits per heavy atom. The molecule has 4 rings (SSSR count). The summed E-state index contributed by atoms with van der Waals surface area (Å²) in [5, 5.41) is 51.7.